The smallest absolute Gasteiger partial charge is 0.193 e. The van der Waals surface area contributed by atoms with Crippen LogP contribution in [-0.4, -0.2) is 35.9 Å². The van der Waals surface area contributed by atoms with Gasteiger partial charge in [-0.1, -0.05) is 0 Å². The van der Waals surface area contributed by atoms with E-state index in [0.29, 0.717) is 6.42 Å². The zero-order chi connectivity index (χ0) is 11.8. The quantitative estimate of drug-likeness (QED) is 0.857. The topological polar surface area (TPSA) is 77.5 Å². The van der Waals surface area contributed by atoms with Crippen molar-refractivity contribution in [2.75, 3.05) is 12.0 Å². The number of fused-ring (bicyclic) bond motifs is 1. The van der Waals surface area contributed by atoms with E-state index in [1.807, 2.05) is 22.2 Å². The fraction of sp³-hybridized carbons (Fsp3) is 0.444. The van der Waals surface area contributed by atoms with Gasteiger partial charge >= 0.3 is 0 Å². The summed E-state index contributed by atoms with van der Waals surface area (Å²) in [5.41, 5.74) is 6.59. The molecule has 1 atom stereocenters. The lowest BCUT2D eigenvalue weighted by Gasteiger charge is -2.07. The molecule has 0 saturated heterocycles. The van der Waals surface area contributed by atoms with E-state index in [1.165, 1.54) is 6.26 Å². The number of nitrogens with zero attached hydrogens (tertiary/aromatic N) is 2. The molecule has 1 unspecified atom stereocenters. The van der Waals surface area contributed by atoms with Gasteiger partial charge in [0.2, 0.25) is 0 Å². The van der Waals surface area contributed by atoms with E-state index >= 15 is 0 Å². The van der Waals surface area contributed by atoms with E-state index in [2.05, 4.69) is 4.98 Å². The molecule has 16 heavy (non-hydrogen) atoms. The maximum atomic E-state index is 11.1. The van der Waals surface area contributed by atoms with Crippen molar-refractivity contribution in [3.05, 3.63) is 23.5 Å². The van der Waals surface area contributed by atoms with Gasteiger partial charge in [-0.15, -0.1) is 11.3 Å². The molecule has 0 fully saturated rings. The number of rotatable bonds is 4. The molecule has 2 N–H and O–H groups in total. The van der Waals surface area contributed by atoms with Crippen LogP contribution in [0.5, 0.6) is 0 Å². The van der Waals surface area contributed by atoms with Gasteiger partial charge in [-0.2, -0.15) is 0 Å². The van der Waals surface area contributed by atoms with Crippen LogP contribution in [0.3, 0.4) is 0 Å². The van der Waals surface area contributed by atoms with E-state index < -0.39 is 9.84 Å². The molecule has 0 aliphatic carbocycles. The van der Waals surface area contributed by atoms with E-state index in [0.717, 1.165) is 10.7 Å². The number of hydrogen-bond acceptors (Lipinski definition) is 5. The Morgan fingerprint density at radius 1 is 1.62 bits per heavy atom. The minimum Gasteiger partial charge on any atom is -0.326 e. The summed E-state index contributed by atoms with van der Waals surface area (Å²) in [4.78, 5) is 5.25. The van der Waals surface area contributed by atoms with Crippen molar-refractivity contribution in [3.8, 4) is 0 Å². The molecule has 0 radical (unpaired) electrons. The molecule has 0 spiro atoms. The maximum Gasteiger partial charge on any atom is 0.193 e. The van der Waals surface area contributed by atoms with Crippen LogP contribution in [0.25, 0.3) is 4.96 Å². The van der Waals surface area contributed by atoms with Gasteiger partial charge in [0.05, 0.1) is 11.4 Å². The van der Waals surface area contributed by atoms with Crippen LogP contribution in [0.2, 0.25) is 0 Å². The van der Waals surface area contributed by atoms with E-state index in [9.17, 15) is 8.42 Å². The third-order valence-electron chi connectivity index (χ3n) is 2.13. The van der Waals surface area contributed by atoms with Crippen molar-refractivity contribution in [1.82, 2.24) is 9.38 Å². The number of aromatic nitrogens is 2. The Labute approximate surface area is 97.8 Å². The first-order chi connectivity index (χ1) is 7.44. The summed E-state index contributed by atoms with van der Waals surface area (Å²) in [6.07, 6.45) is 5.48. The van der Waals surface area contributed by atoms with Gasteiger partial charge in [0.15, 0.2) is 4.96 Å². The molecule has 2 rings (SSSR count). The van der Waals surface area contributed by atoms with Gasteiger partial charge in [0, 0.05) is 36.5 Å². The highest BCUT2D eigenvalue weighted by Crippen LogP contribution is 2.12. The largest absolute Gasteiger partial charge is 0.326 e. The van der Waals surface area contributed by atoms with E-state index in [1.54, 1.807) is 11.3 Å². The minimum atomic E-state index is -3.02. The second kappa shape index (κ2) is 4.15. The number of imidazole rings is 1. The highest BCUT2D eigenvalue weighted by Gasteiger charge is 2.13. The van der Waals surface area contributed by atoms with Crippen molar-refractivity contribution in [2.45, 2.75) is 12.5 Å². The fourth-order valence-electron chi connectivity index (χ4n) is 1.59. The standard InChI is InChI=1S/C9H13N3O2S2/c1-16(13,14)6-7(10)4-8-5-12-2-3-15-9(12)11-8/h2-3,5,7H,4,6,10H2,1H3. The molecule has 2 aromatic heterocycles. The summed E-state index contributed by atoms with van der Waals surface area (Å²) in [5, 5.41) is 1.95. The highest BCUT2D eigenvalue weighted by atomic mass is 32.2. The first kappa shape index (κ1) is 11.6. The van der Waals surface area contributed by atoms with Crippen LogP contribution >= 0.6 is 11.3 Å². The van der Waals surface area contributed by atoms with Crippen molar-refractivity contribution >= 4 is 26.1 Å². The third kappa shape index (κ3) is 2.81. The molecule has 2 aromatic rings. The van der Waals surface area contributed by atoms with Crippen molar-refractivity contribution in [1.29, 1.82) is 0 Å². The third-order valence-corrected chi connectivity index (χ3v) is 3.94. The molecular formula is C9H13N3O2S2. The van der Waals surface area contributed by atoms with Gasteiger partial charge in [-0.25, -0.2) is 13.4 Å². The molecule has 88 valence electrons. The Bertz CT molecular complexity index is 556. The highest BCUT2D eigenvalue weighted by molar-refractivity contribution is 7.90. The summed E-state index contributed by atoms with van der Waals surface area (Å²) in [7, 11) is -3.02. The summed E-state index contributed by atoms with van der Waals surface area (Å²) in [5.74, 6) is -0.00181. The molecule has 0 aliphatic heterocycles. The molecule has 0 bridgehead atoms. The van der Waals surface area contributed by atoms with Gasteiger partial charge in [-0.3, -0.25) is 4.40 Å². The summed E-state index contributed by atoms with van der Waals surface area (Å²) in [6.45, 7) is 0. The Balaban J connectivity index is 2.07. The Morgan fingerprint density at radius 2 is 2.38 bits per heavy atom. The van der Waals surface area contributed by atoms with Crippen LogP contribution in [0.1, 0.15) is 5.69 Å². The Hall–Kier alpha value is -0.920. The molecule has 7 heteroatoms. The fourth-order valence-corrected chi connectivity index (χ4v) is 3.21. The molecular weight excluding hydrogens is 246 g/mol. The monoisotopic (exact) mass is 259 g/mol. The molecule has 0 saturated carbocycles. The number of hydrogen-bond donors (Lipinski definition) is 1. The summed E-state index contributed by atoms with van der Waals surface area (Å²) in [6, 6.07) is -0.389. The zero-order valence-corrected chi connectivity index (χ0v) is 10.5. The van der Waals surface area contributed by atoms with Crippen LogP contribution in [0.4, 0.5) is 0 Å². The maximum absolute atomic E-state index is 11.1. The molecule has 5 nitrogen and oxygen atoms in total. The van der Waals surface area contributed by atoms with Crippen molar-refractivity contribution < 1.29 is 8.42 Å². The summed E-state index contributed by atoms with van der Waals surface area (Å²) >= 11 is 1.54. The zero-order valence-electron chi connectivity index (χ0n) is 8.83. The molecule has 2 heterocycles. The molecule has 0 aliphatic rings. The van der Waals surface area contributed by atoms with Crippen LogP contribution in [0.15, 0.2) is 17.8 Å². The first-order valence-corrected chi connectivity index (χ1v) is 7.72. The van der Waals surface area contributed by atoms with Crippen LogP contribution in [0, 0.1) is 0 Å². The number of thiazole rings is 1. The Kier molecular flexibility index (Phi) is 3.00. The van der Waals surface area contributed by atoms with E-state index in [4.69, 9.17) is 5.73 Å². The van der Waals surface area contributed by atoms with Gasteiger partial charge in [0.25, 0.3) is 0 Å². The minimum absolute atomic E-state index is 0.00181. The van der Waals surface area contributed by atoms with Gasteiger partial charge < -0.3 is 5.73 Å². The van der Waals surface area contributed by atoms with Gasteiger partial charge in [-0.05, 0) is 0 Å². The van der Waals surface area contributed by atoms with Crippen LogP contribution < -0.4 is 5.73 Å². The number of nitrogens with two attached hydrogens (primary N) is 1. The van der Waals surface area contributed by atoms with Crippen molar-refractivity contribution in [3.63, 3.8) is 0 Å². The average molecular weight is 259 g/mol. The lowest BCUT2D eigenvalue weighted by Crippen LogP contribution is -2.31. The van der Waals surface area contributed by atoms with E-state index in [-0.39, 0.29) is 11.8 Å². The lowest BCUT2D eigenvalue weighted by molar-refractivity contribution is 0.591. The normalized spacial score (nSPS) is 14.4. The lowest BCUT2D eigenvalue weighted by atomic mass is 10.2. The predicted molar refractivity (Wildman–Crippen MR) is 64.5 cm³/mol. The predicted octanol–water partition coefficient (Wildman–Crippen LogP) is 0.310. The second-order valence-electron chi connectivity index (χ2n) is 3.88. The number of sulfone groups is 1. The van der Waals surface area contributed by atoms with Crippen molar-refractivity contribution in [2.24, 2.45) is 5.73 Å². The Morgan fingerprint density at radius 3 is 3.00 bits per heavy atom. The SMILES string of the molecule is CS(=O)(=O)CC(N)Cc1cn2ccsc2n1. The second-order valence-corrected chi connectivity index (χ2v) is 6.94. The first-order valence-electron chi connectivity index (χ1n) is 4.78. The van der Waals surface area contributed by atoms with Crippen LogP contribution in [-0.2, 0) is 16.3 Å². The van der Waals surface area contributed by atoms with Gasteiger partial charge in [0.1, 0.15) is 9.84 Å². The molecule has 0 amide bonds. The summed E-state index contributed by atoms with van der Waals surface area (Å²) < 4.78 is 24.0. The molecule has 0 aromatic carbocycles. The average Bonchev–Trinajstić information content (AvgIpc) is 2.58.